The number of aromatic nitrogens is 3. The molecule has 1 heterocycles. The van der Waals surface area contributed by atoms with Crippen molar-refractivity contribution in [2.24, 2.45) is 5.92 Å². The summed E-state index contributed by atoms with van der Waals surface area (Å²) < 4.78 is 12.9. The minimum absolute atomic E-state index is 0.0284. The van der Waals surface area contributed by atoms with Crippen molar-refractivity contribution in [1.29, 1.82) is 0 Å². The summed E-state index contributed by atoms with van der Waals surface area (Å²) in [5.41, 5.74) is 0.780. The van der Waals surface area contributed by atoms with E-state index in [1.807, 2.05) is 4.68 Å². The fourth-order valence-corrected chi connectivity index (χ4v) is 1.97. The van der Waals surface area contributed by atoms with Crippen LogP contribution >= 0.6 is 0 Å². The summed E-state index contributed by atoms with van der Waals surface area (Å²) in [4.78, 5) is 4.22. The first-order valence-corrected chi connectivity index (χ1v) is 6.91. The van der Waals surface area contributed by atoms with Crippen molar-refractivity contribution in [1.82, 2.24) is 14.8 Å². The Bertz CT molecular complexity index is 581. The van der Waals surface area contributed by atoms with Crippen LogP contribution in [-0.4, -0.2) is 27.0 Å². The van der Waals surface area contributed by atoms with Crippen LogP contribution in [0.25, 0.3) is 0 Å². The largest absolute Gasteiger partial charge is 0.493 e. The molecule has 2 rings (SSSR count). The fourth-order valence-electron chi connectivity index (χ4n) is 1.97. The molecule has 21 heavy (non-hydrogen) atoms. The molecule has 1 aromatic carbocycles. The maximum Gasteiger partial charge on any atom is 0.164 e. The Hall–Kier alpha value is -2.08. The molecule has 0 radical (unpaired) electrons. The molecule has 114 valence electrons. The molecule has 6 heteroatoms. The number of rotatable bonds is 7. The zero-order valence-electron chi connectivity index (χ0n) is 12.6. The monoisotopic (exact) mass is 291 g/mol. The second-order valence-corrected chi connectivity index (χ2v) is 5.18. The predicted octanol–water partition coefficient (Wildman–Crippen LogP) is 2.01. The minimum Gasteiger partial charge on any atom is -0.493 e. The van der Waals surface area contributed by atoms with Crippen LogP contribution in [0, 0.1) is 5.92 Å². The van der Waals surface area contributed by atoms with E-state index in [-0.39, 0.29) is 6.61 Å². The highest BCUT2D eigenvalue weighted by Gasteiger charge is 2.10. The Kier molecular flexibility index (Phi) is 5.16. The molecule has 1 aromatic heterocycles. The van der Waals surface area contributed by atoms with Gasteiger partial charge in [-0.05, 0) is 23.6 Å². The molecule has 0 unspecified atom stereocenters. The molecule has 0 spiro atoms. The lowest BCUT2D eigenvalue weighted by atomic mass is 10.2. The molecule has 0 amide bonds. The van der Waals surface area contributed by atoms with Crippen molar-refractivity contribution in [3.8, 4) is 11.5 Å². The van der Waals surface area contributed by atoms with Gasteiger partial charge in [0.2, 0.25) is 0 Å². The van der Waals surface area contributed by atoms with Gasteiger partial charge in [0.15, 0.2) is 17.3 Å². The summed E-state index contributed by atoms with van der Waals surface area (Å²) >= 11 is 0. The Labute approximate surface area is 124 Å². The molecular weight excluding hydrogens is 270 g/mol. The van der Waals surface area contributed by atoms with Crippen molar-refractivity contribution in [3.63, 3.8) is 0 Å². The standard InChI is InChI=1S/C15H21N3O3/c1-11(2)7-18-15(16-10-17-18)9-21-13-5-4-12(8-19)6-14(13)20-3/h4-6,10-11,19H,7-9H2,1-3H3. The van der Waals surface area contributed by atoms with Gasteiger partial charge in [0.05, 0.1) is 13.7 Å². The summed E-state index contributed by atoms with van der Waals surface area (Å²) in [6.45, 7) is 5.35. The van der Waals surface area contributed by atoms with Gasteiger partial charge in [0.25, 0.3) is 0 Å². The van der Waals surface area contributed by atoms with E-state index in [1.54, 1.807) is 25.3 Å². The van der Waals surface area contributed by atoms with Gasteiger partial charge in [-0.2, -0.15) is 5.10 Å². The van der Waals surface area contributed by atoms with Crippen molar-refractivity contribution in [2.75, 3.05) is 7.11 Å². The SMILES string of the molecule is COc1cc(CO)ccc1OCc1ncnn1CC(C)C. The number of benzene rings is 1. The van der Waals surface area contributed by atoms with E-state index in [4.69, 9.17) is 14.6 Å². The van der Waals surface area contributed by atoms with E-state index in [0.717, 1.165) is 17.9 Å². The van der Waals surface area contributed by atoms with Gasteiger partial charge in [-0.15, -0.1) is 0 Å². The van der Waals surface area contributed by atoms with Crippen LogP contribution in [0.5, 0.6) is 11.5 Å². The molecule has 0 saturated carbocycles. The van der Waals surface area contributed by atoms with Crippen LogP contribution < -0.4 is 9.47 Å². The van der Waals surface area contributed by atoms with Crippen LogP contribution in [0.4, 0.5) is 0 Å². The minimum atomic E-state index is -0.0284. The smallest absolute Gasteiger partial charge is 0.164 e. The number of nitrogens with zero attached hydrogens (tertiary/aromatic N) is 3. The summed E-state index contributed by atoms with van der Waals surface area (Å²) in [6, 6.07) is 5.35. The Balaban J connectivity index is 2.08. The van der Waals surface area contributed by atoms with Crippen molar-refractivity contribution in [3.05, 3.63) is 35.9 Å². The lowest BCUT2D eigenvalue weighted by Crippen LogP contribution is -2.12. The summed E-state index contributed by atoms with van der Waals surface area (Å²) in [5.74, 6) is 2.48. The third-order valence-corrected chi connectivity index (χ3v) is 3.00. The molecule has 1 N–H and O–H groups in total. The third kappa shape index (κ3) is 3.95. The predicted molar refractivity (Wildman–Crippen MR) is 78.1 cm³/mol. The first kappa shape index (κ1) is 15.3. The molecular formula is C15H21N3O3. The molecule has 2 aromatic rings. The average molecular weight is 291 g/mol. The van der Waals surface area contributed by atoms with E-state index in [0.29, 0.717) is 24.0 Å². The molecule has 0 aliphatic heterocycles. The Morgan fingerprint density at radius 2 is 2.10 bits per heavy atom. The van der Waals surface area contributed by atoms with Gasteiger partial charge in [-0.1, -0.05) is 19.9 Å². The van der Waals surface area contributed by atoms with Crippen molar-refractivity contribution < 1.29 is 14.6 Å². The lowest BCUT2D eigenvalue weighted by molar-refractivity contribution is 0.263. The number of hydrogen-bond acceptors (Lipinski definition) is 5. The van der Waals surface area contributed by atoms with E-state index >= 15 is 0 Å². The maximum atomic E-state index is 9.13. The Morgan fingerprint density at radius 1 is 1.29 bits per heavy atom. The summed E-state index contributed by atoms with van der Waals surface area (Å²) in [7, 11) is 1.57. The lowest BCUT2D eigenvalue weighted by Gasteiger charge is -2.12. The van der Waals surface area contributed by atoms with Crippen LogP contribution in [0.1, 0.15) is 25.2 Å². The zero-order chi connectivity index (χ0) is 15.2. The average Bonchev–Trinajstić information content (AvgIpc) is 2.91. The number of methoxy groups -OCH3 is 1. The van der Waals surface area contributed by atoms with E-state index in [9.17, 15) is 0 Å². The third-order valence-electron chi connectivity index (χ3n) is 3.00. The highest BCUT2D eigenvalue weighted by molar-refractivity contribution is 5.42. The molecule has 0 atom stereocenters. The van der Waals surface area contributed by atoms with Crippen LogP contribution in [0.2, 0.25) is 0 Å². The number of aliphatic hydroxyl groups is 1. The highest BCUT2D eigenvalue weighted by atomic mass is 16.5. The molecule has 0 aliphatic rings. The molecule has 0 saturated heterocycles. The molecule has 0 fully saturated rings. The van der Waals surface area contributed by atoms with Gasteiger partial charge in [-0.3, -0.25) is 0 Å². The quantitative estimate of drug-likeness (QED) is 0.845. The second kappa shape index (κ2) is 7.08. The van der Waals surface area contributed by atoms with Gasteiger partial charge >= 0.3 is 0 Å². The molecule has 0 bridgehead atoms. The molecule has 0 aliphatic carbocycles. The normalized spacial score (nSPS) is 10.9. The van der Waals surface area contributed by atoms with Gasteiger partial charge in [-0.25, -0.2) is 9.67 Å². The molecule has 6 nitrogen and oxygen atoms in total. The second-order valence-electron chi connectivity index (χ2n) is 5.18. The first-order chi connectivity index (χ1) is 10.1. The number of ether oxygens (including phenoxy) is 2. The van der Waals surface area contributed by atoms with E-state index in [1.165, 1.54) is 6.33 Å². The van der Waals surface area contributed by atoms with Crippen LogP contribution in [0.15, 0.2) is 24.5 Å². The maximum absolute atomic E-state index is 9.13. The topological polar surface area (TPSA) is 69.4 Å². The summed E-state index contributed by atoms with van der Waals surface area (Å²) in [5, 5.41) is 13.3. The van der Waals surface area contributed by atoms with Crippen LogP contribution in [-0.2, 0) is 19.8 Å². The van der Waals surface area contributed by atoms with E-state index in [2.05, 4.69) is 23.9 Å². The van der Waals surface area contributed by atoms with Gasteiger partial charge in [0.1, 0.15) is 12.9 Å². The van der Waals surface area contributed by atoms with Crippen LogP contribution in [0.3, 0.4) is 0 Å². The number of hydrogen-bond donors (Lipinski definition) is 1. The number of aliphatic hydroxyl groups excluding tert-OH is 1. The van der Waals surface area contributed by atoms with Crippen molar-refractivity contribution in [2.45, 2.75) is 33.6 Å². The fraction of sp³-hybridized carbons (Fsp3) is 0.467. The summed E-state index contributed by atoms with van der Waals surface area (Å²) in [6.07, 6.45) is 1.53. The zero-order valence-corrected chi connectivity index (χ0v) is 12.6. The Morgan fingerprint density at radius 3 is 2.76 bits per heavy atom. The van der Waals surface area contributed by atoms with Gasteiger partial charge < -0.3 is 14.6 Å². The van der Waals surface area contributed by atoms with Gasteiger partial charge in [0, 0.05) is 6.54 Å². The first-order valence-electron chi connectivity index (χ1n) is 6.91. The highest BCUT2D eigenvalue weighted by Crippen LogP contribution is 2.28. The van der Waals surface area contributed by atoms with E-state index < -0.39 is 0 Å². The van der Waals surface area contributed by atoms with Crippen molar-refractivity contribution >= 4 is 0 Å².